The van der Waals surface area contributed by atoms with Gasteiger partial charge in [0.15, 0.2) is 0 Å². The predicted molar refractivity (Wildman–Crippen MR) is 100 cm³/mol. The quantitative estimate of drug-likeness (QED) is 0.585. The molecule has 2 heterocycles. The Balaban J connectivity index is 1.36. The van der Waals surface area contributed by atoms with Gasteiger partial charge in [-0.15, -0.1) is 0 Å². The van der Waals surface area contributed by atoms with Gasteiger partial charge < -0.3 is 14.6 Å². The van der Waals surface area contributed by atoms with Crippen LogP contribution in [0.15, 0.2) is 53.2 Å². The largest absolute Gasteiger partial charge is 0.497 e. The highest BCUT2D eigenvalue weighted by Crippen LogP contribution is 2.20. The Hall–Kier alpha value is -3.22. The molecule has 0 atom stereocenters. The van der Waals surface area contributed by atoms with E-state index in [0.29, 0.717) is 24.0 Å². The van der Waals surface area contributed by atoms with Gasteiger partial charge in [0.25, 0.3) is 5.91 Å². The minimum absolute atomic E-state index is 0.142. The average molecular weight is 366 g/mol. The van der Waals surface area contributed by atoms with Crippen molar-refractivity contribution >= 4 is 5.91 Å². The van der Waals surface area contributed by atoms with Crippen molar-refractivity contribution in [1.82, 2.24) is 20.4 Å². The van der Waals surface area contributed by atoms with Crippen molar-refractivity contribution in [2.24, 2.45) is 0 Å². The molecule has 0 aliphatic rings. The molecular formula is C20H22N4O3. The van der Waals surface area contributed by atoms with E-state index in [-0.39, 0.29) is 5.91 Å². The molecule has 1 N–H and O–H groups in total. The molecular weight excluding hydrogens is 344 g/mol. The molecule has 7 nitrogen and oxygen atoms in total. The van der Waals surface area contributed by atoms with Crippen molar-refractivity contribution in [1.29, 1.82) is 0 Å². The van der Waals surface area contributed by atoms with Crippen LogP contribution < -0.4 is 10.1 Å². The standard InChI is InChI=1S/C20H22N4O3/c1-26-16-11-9-15(10-12-16)19-23-18(27-24-19)8-3-2-5-14-22-20(25)17-7-4-6-13-21-17/h4,6-7,9-13H,2-3,5,8,14H2,1H3,(H,22,25). The molecule has 0 saturated carbocycles. The Morgan fingerprint density at radius 1 is 1.11 bits per heavy atom. The van der Waals surface area contributed by atoms with Crippen molar-refractivity contribution in [3.05, 3.63) is 60.2 Å². The van der Waals surface area contributed by atoms with Crippen LogP contribution in [0.25, 0.3) is 11.4 Å². The number of aryl methyl sites for hydroxylation is 1. The summed E-state index contributed by atoms with van der Waals surface area (Å²) in [5.41, 5.74) is 1.33. The molecule has 7 heteroatoms. The van der Waals surface area contributed by atoms with Crippen LogP contribution >= 0.6 is 0 Å². The molecule has 1 amide bonds. The summed E-state index contributed by atoms with van der Waals surface area (Å²) in [6, 6.07) is 12.8. The number of hydrogen-bond acceptors (Lipinski definition) is 6. The topological polar surface area (TPSA) is 90.1 Å². The van der Waals surface area contributed by atoms with E-state index in [4.69, 9.17) is 9.26 Å². The molecule has 27 heavy (non-hydrogen) atoms. The summed E-state index contributed by atoms with van der Waals surface area (Å²) < 4.78 is 10.4. The average Bonchev–Trinajstić information content (AvgIpc) is 3.20. The molecule has 140 valence electrons. The number of ether oxygens (including phenoxy) is 1. The van der Waals surface area contributed by atoms with Gasteiger partial charge in [0.1, 0.15) is 11.4 Å². The fourth-order valence-electron chi connectivity index (χ4n) is 2.58. The Kier molecular flexibility index (Phi) is 6.51. The molecule has 3 aromatic rings. The zero-order valence-electron chi connectivity index (χ0n) is 15.2. The lowest BCUT2D eigenvalue weighted by Crippen LogP contribution is -2.25. The third-order valence-electron chi connectivity index (χ3n) is 4.07. The summed E-state index contributed by atoms with van der Waals surface area (Å²) in [6.45, 7) is 0.621. The lowest BCUT2D eigenvalue weighted by Gasteiger charge is -2.03. The first kappa shape index (κ1) is 18.6. The van der Waals surface area contributed by atoms with Crippen LogP contribution in [0.2, 0.25) is 0 Å². The minimum Gasteiger partial charge on any atom is -0.497 e. The number of hydrogen-bond donors (Lipinski definition) is 1. The van der Waals surface area contributed by atoms with E-state index in [1.165, 1.54) is 0 Å². The van der Waals surface area contributed by atoms with Crippen molar-refractivity contribution in [2.75, 3.05) is 13.7 Å². The summed E-state index contributed by atoms with van der Waals surface area (Å²) >= 11 is 0. The van der Waals surface area contributed by atoms with Crippen molar-refractivity contribution in [3.63, 3.8) is 0 Å². The molecule has 0 unspecified atom stereocenters. The first-order chi connectivity index (χ1) is 13.3. The molecule has 0 spiro atoms. The number of carbonyl (C=O) groups excluding carboxylic acids is 1. The SMILES string of the molecule is COc1ccc(-c2noc(CCCCCNC(=O)c3ccccn3)n2)cc1. The third kappa shape index (κ3) is 5.37. The van der Waals surface area contributed by atoms with Crippen LogP contribution in [0.4, 0.5) is 0 Å². The summed E-state index contributed by atoms with van der Waals surface area (Å²) in [7, 11) is 1.63. The number of carbonyl (C=O) groups is 1. The Bertz CT molecular complexity index is 847. The van der Waals surface area contributed by atoms with Gasteiger partial charge in [0.05, 0.1) is 7.11 Å². The molecule has 3 rings (SSSR count). The summed E-state index contributed by atoms with van der Waals surface area (Å²) in [6.07, 6.45) is 5.10. The number of benzene rings is 1. The van der Waals surface area contributed by atoms with Crippen LogP contribution in [-0.4, -0.2) is 34.7 Å². The van der Waals surface area contributed by atoms with E-state index in [9.17, 15) is 4.79 Å². The van der Waals surface area contributed by atoms with Crippen molar-refractivity contribution < 1.29 is 14.1 Å². The van der Waals surface area contributed by atoms with Gasteiger partial charge in [-0.25, -0.2) is 0 Å². The van der Waals surface area contributed by atoms with E-state index >= 15 is 0 Å². The molecule has 0 bridgehead atoms. The molecule has 0 saturated heterocycles. The molecule has 1 aromatic carbocycles. The Morgan fingerprint density at radius 2 is 1.96 bits per heavy atom. The van der Waals surface area contributed by atoms with Gasteiger partial charge in [0, 0.05) is 24.7 Å². The summed E-state index contributed by atoms with van der Waals surface area (Å²) in [4.78, 5) is 20.3. The summed E-state index contributed by atoms with van der Waals surface area (Å²) in [5.74, 6) is 1.85. The molecule has 0 fully saturated rings. The smallest absolute Gasteiger partial charge is 0.269 e. The lowest BCUT2D eigenvalue weighted by molar-refractivity contribution is 0.0948. The maximum absolute atomic E-state index is 11.9. The van der Waals surface area contributed by atoms with E-state index in [1.54, 1.807) is 31.5 Å². The first-order valence-electron chi connectivity index (χ1n) is 8.92. The summed E-state index contributed by atoms with van der Waals surface area (Å²) in [5, 5.41) is 6.89. The minimum atomic E-state index is -0.142. The first-order valence-corrected chi connectivity index (χ1v) is 8.92. The zero-order valence-corrected chi connectivity index (χ0v) is 15.2. The highest BCUT2D eigenvalue weighted by atomic mass is 16.5. The fourth-order valence-corrected chi connectivity index (χ4v) is 2.58. The van der Waals surface area contributed by atoms with Gasteiger partial charge in [-0.1, -0.05) is 17.6 Å². The van der Waals surface area contributed by atoms with Crippen LogP contribution in [0.3, 0.4) is 0 Å². The number of aromatic nitrogens is 3. The highest BCUT2D eigenvalue weighted by Gasteiger charge is 2.09. The van der Waals surface area contributed by atoms with Gasteiger partial charge >= 0.3 is 0 Å². The molecule has 0 radical (unpaired) electrons. The van der Waals surface area contributed by atoms with Gasteiger partial charge in [0.2, 0.25) is 11.7 Å². The van der Waals surface area contributed by atoms with E-state index in [2.05, 4.69) is 20.4 Å². The van der Waals surface area contributed by atoms with Crippen molar-refractivity contribution in [2.45, 2.75) is 25.7 Å². The van der Waals surface area contributed by atoms with Crippen LogP contribution in [-0.2, 0) is 6.42 Å². The highest BCUT2D eigenvalue weighted by molar-refractivity contribution is 5.92. The van der Waals surface area contributed by atoms with Crippen molar-refractivity contribution in [3.8, 4) is 17.1 Å². The number of methoxy groups -OCH3 is 1. The second-order valence-corrected chi connectivity index (χ2v) is 6.02. The second-order valence-electron chi connectivity index (χ2n) is 6.02. The molecule has 2 aromatic heterocycles. The van der Waals surface area contributed by atoms with Gasteiger partial charge in [-0.05, 0) is 49.2 Å². The van der Waals surface area contributed by atoms with E-state index in [0.717, 1.165) is 37.0 Å². The van der Waals surface area contributed by atoms with Gasteiger partial charge in [-0.2, -0.15) is 4.98 Å². The lowest BCUT2D eigenvalue weighted by atomic mass is 10.2. The van der Waals surface area contributed by atoms with E-state index < -0.39 is 0 Å². The fraction of sp³-hybridized carbons (Fsp3) is 0.300. The van der Waals surface area contributed by atoms with Gasteiger partial charge in [-0.3, -0.25) is 9.78 Å². The maximum Gasteiger partial charge on any atom is 0.269 e. The van der Waals surface area contributed by atoms with Crippen LogP contribution in [0.5, 0.6) is 5.75 Å². The number of rotatable bonds is 9. The molecule has 0 aliphatic heterocycles. The van der Waals surface area contributed by atoms with E-state index in [1.807, 2.05) is 24.3 Å². The number of unbranched alkanes of at least 4 members (excludes halogenated alkanes) is 2. The van der Waals surface area contributed by atoms with Crippen LogP contribution in [0.1, 0.15) is 35.6 Å². The number of pyridine rings is 1. The monoisotopic (exact) mass is 366 g/mol. The zero-order chi connectivity index (χ0) is 18.9. The number of nitrogens with one attached hydrogen (secondary N) is 1. The number of nitrogens with zero attached hydrogens (tertiary/aromatic N) is 3. The normalized spacial score (nSPS) is 10.6. The maximum atomic E-state index is 11.9. The predicted octanol–water partition coefficient (Wildman–Crippen LogP) is 3.28. The molecule has 0 aliphatic carbocycles. The van der Waals surface area contributed by atoms with Crippen LogP contribution in [0, 0.1) is 0 Å². The Labute approximate surface area is 157 Å². The Morgan fingerprint density at radius 3 is 2.70 bits per heavy atom. The third-order valence-corrected chi connectivity index (χ3v) is 4.07. The second kappa shape index (κ2) is 9.47. The number of amides is 1.